The molecular weight excluding hydrogens is 534 g/mol. The van der Waals surface area contributed by atoms with Gasteiger partial charge in [0.1, 0.15) is 15.8 Å². The van der Waals surface area contributed by atoms with Gasteiger partial charge in [0, 0.05) is 38.9 Å². The van der Waals surface area contributed by atoms with Crippen LogP contribution in [-0.4, -0.2) is 74.8 Å². The molecule has 2 amide bonds. The Labute approximate surface area is 236 Å². The molecule has 0 aliphatic carbocycles. The maximum Gasteiger partial charge on any atom is 0.409 e. The fourth-order valence-corrected chi connectivity index (χ4v) is 5.97. The number of carbonyl (C=O) groups excluding carboxylic acids is 2. The predicted octanol–water partition coefficient (Wildman–Crippen LogP) is 3.81. The van der Waals surface area contributed by atoms with Crippen molar-refractivity contribution in [2.75, 3.05) is 44.2 Å². The Balaban J connectivity index is 1.40. The lowest BCUT2D eigenvalue weighted by molar-refractivity contribution is -0.122. The third-order valence-corrected chi connectivity index (χ3v) is 8.07. The smallest absolute Gasteiger partial charge is 0.409 e. The maximum atomic E-state index is 13.6. The van der Waals surface area contributed by atoms with E-state index in [1.165, 1.54) is 21.7 Å². The van der Waals surface area contributed by atoms with Gasteiger partial charge in [-0.1, -0.05) is 60.4 Å². The zero-order chi connectivity index (χ0) is 27.4. The third kappa shape index (κ3) is 5.84. The molecule has 202 valence electrons. The molecule has 0 spiro atoms. The fraction of sp³-hybridized carbons (Fsp3) is 0.321. The lowest BCUT2D eigenvalue weighted by Crippen LogP contribution is -2.49. The monoisotopic (exact) mass is 563 g/mol. The number of nitrogens with zero attached hydrogens (tertiary/aromatic N) is 5. The van der Waals surface area contributed by atoms with Crippen molar-refractivity contribution in [3.8, 4) is 0 Å². The second-order valence-electron chi connectivity index (χ2n) is 9.18. The van der Waals surface area contributed by atoms with E-state index in [-0.39, 0.29) is 17.6 Å². The first kappa shape index (κ1) is 26.9. The number of aryl methyl sites for hydroxylation is 1. The van der Waals surface area contributed by atoms with Crippen LogP contribution in [0.4, 0.5) is 10.6 Å². The lowest BCUT2D eigenvalue weighted by atomic mass is 10.1. The molecule has 4 heterocycles. The summed E-state index contributed by atoms with van der Waals surface area (Å²) in [7, 11) is 0. The van der Waals surface area contributed by atoms with E-state index in [1.807, 2.05) is 29.2 Å². The highest BCUT2D eigenvalue weighted by molar-refractivity contribution is 8.26. The molecule has 0 N–H and O–H groups in total. The summed E-state index contributed by atoms with van der Waals surface area (Å²) in [6, 6.07) is 15.5. The number of fused-ring (bicyclic) bond motifs is 1. The van der Waals surface area contributed by atoms with Crippen molar-refractivity contribution in [1.82, 2.24) is 19.2 Å². The number of thioether (sulfide) groups is 1. The Morgan fingerprint density at radius 2 is 1.82 bits per heavy atom. The number of aromatic nitrogens is 2. The number of anilines is 1. The van der Waals surface area contributed by atoms with Crippen molar-refractivity contribution in [3.05, 3.63) is 81.1 Å². The molecule has 0 atom stereocenters. The highest BCUT2D eigenvalue weighted by atomic mass is 32.2. The molecule has 11 heteroatoms. The number of benzene rings is 1. The summed E-state index contributed by atoms with van der Waals surface area (Å²) < 4.78 is 7.09. The second-order valence-corrected chi connectivity index (χ2v) is 10.9. The largest absolute Gasteiger partial charge is 0.450 e. The first-order chi connectivity index (χ1) is 19.0. The number of pyridine rings is 1. The standard InChI is InChI=1S/C28H29N5O4S2/c1-2-37-27(36)31-17-15-30(16-18-31)24-21(25(34)32-13-7-6-12-23(32)29-24)19-22-26(35)33(28(38)39-22)14-8-11-20-9-4-3-5-10-20/h3-7,9-10,12-13,19H,2,8,11,14-18H2,1H3/b22-19-. The van der Waals surface area contributed by atoms with Gasteiger partial charge in [-0.3, -0.25) is 18.9 Å². The van der Waals surface area contributed by atoms with Gasteiger partial charge >= 0.3 is 6.09 Å². The lowest BCUT2D eigenvalue weighted by Gasteiger charge is -2.35. The zero-order valence-electron chi connectivity index (χ0n) is 21.6. The molecular formula is C28H29N5O4S2. The summed E-state index contributed by atoms with van der Waals surface area (Å²) in [4.78, 5) is 49.6. The van der Waals surface area contributed by atoms with Crippen LogP contribution < -0.4 is 10.5 Å². The Morgan fingerprint density at radius 3 is 2.56 bits per heavy atom. The van der Waals surface area contributed by atoms with Crippen molar-refractivity contribution in [2.45, 2.75) is 19.8 Å². The number of piperazine rings is 1. The van der Waals surface area contributed by atoms with Crippen molar-refractivity contribution >= 4 is 57.8 Å². The van der Waals surface area contributed by atoms with Crippen LogP contribution in [0.5, 0.6) is 0 Å². The summed E-state index contributed by atoms with van der Waals surface area (Å²) in [5.41, 5.74) is 1.78. The molecule has 2 aliphatic heterocycles. The molecule has 2 aromatic heterocycles. The van der Waals surface area contributed by atoms with Crippen LogP contribution in [0.1, 0.15) is 24.5 Å². The van der Waals surface area contributed by atoms with E-state index < -0.39 is 0 Å². The molecule has 0 unspecified atom stereocenters. The first-order valence-electron chi connectivity index (χ1n) is 12.9. The summed E-state index contributed by atoms with van der Waals surface area (Å²) in [6.45, 7) is 4.45. The summed E-state index contributed by atoms with van der Waals surface area (Å²) in [5, 5.41) is 0. The van der Waals surface area contributed by atoms with E-state index >= 15 is 0 Å². The Kier molecular flexibility index (Phi) is 8.27. The highest BCUT2D eigenvalue weighted by Crippen LogP contribution is 2.34. The minimum absolute atomic E-state index is 0.200. The van der Waals surface area contributed by atoms with Crippen molar-refractivity contribution in [1.29, 1.82) is 0 Å². The molecule has 0 bridgehead atoms. The number of hydrogen-bond acceptors (Lipinski definition) is 8. The molecule has 0 radical (unpaired) electrons. The van der Waals surface area contributed by atoms with Crippen molar-refractivity contribution < 1.29 is 14.3 Å². The number of amides is 2. The number of hydrogen-bond donors (Lipinski definition) is 0. The number of carbonyl (C=O) groups is 2. The first-order valence-corrected chi connectivity index (χ1v) is 14.2. The Hall–Kier alpha value is -3.70. The van der Waals surface area contributed by atoms with Crippen molar-refractivity contribution in [2.24, 2.45) is 0 Å². The quantitative estimate of drug-likeness (QED) is 0.317. The SMILES string of the molecule is CCOC(=O)N1CCN(c2nc3ccccn3c(=O)c2/C=C2\SC(=S)N(CCCc3ccccc3)C2=O)CC1. The van der Waals surface area contributed by atoms with E-state index in [2.05, 4.69) is 12.1 Å². The van der Waals surface area contributed by atoms with Gasteiger partial charge in [-0.05, 0) is 43.5 Å². The number of rotatable bonds is 7. The van der Waals surface area contributed by atoms with Crippen molar-refractivity contribution in [3.63, 3.8) is 0 Å². The fourth-order valence-electron chi connectivity index (χ4n) is 4.68. The minimum Gasteiger partial charge on any atom is -0.450 e. The normalized spacial score (nSPS) is 16.9. The Morgan fingerprint density at radius 1 is 1.08 bits per heavy atom. The summed E-state index contributed by atoms with van der Waals surface area (Å²) in [5.74, 6) is 0.290. The van der Waals surface area contributed by atoms with Crippen LogP contribution in [0.15, 0.2) is 64.4 Å². The molecule has 2 fully saturated rings. The van der Waals surface area contributed by atoms with Crippen LogP contribution in [0.3, 0.4) is 0 Å². The van der Waals surface area contributed by atoms with Gasteiger partial charge < -0.3 is 14.5 Å². The van der Waals surface area contributed by atoms with Crippen LogP contribution in [0.25, 0.3) is 11.7 Å². The number of thiocarbonyl (C=S) groups is 1. The van der Waals surface area contributed by atoms with Gasteiger partial charge in [-0.25, -0.2) is 9.78 Å². The molecule has 3 aromatic rings. The van der Waals surface area contributed by atoms with Gasteiger partial charge in [-0.15, -0.1) is 0 Å². The van der Waals surface area contributed by atoms with E-state index in [4.69, 9.17) is 21.9 Å². The predicted molar refractivity (Wildman–Crippen MR) is 157 cm³/mol. The summed E-state index contributed by atoms with van der Waals surface area (Å²) >= 11 is 6.74. The third-order valence-electron chi connectivity index (χ3n) is 6.69. The molecule has 5 rings (SSSR count). The van der Waals surface area contributed by atoms with Gasteiger partial charge in [0.25, 0.3) is 11.5 Å². The molecule has 1 aromatic carbocycles. The van der Waals surface area contributed by atoms with Gasteiger partial charge in [0.2, 0.25) is 0 Å². The van der Waals surface area contributed by atoms with E-state index in [9.17, 15) is 14.4 Å². The topological polar surface area (TPSA) is 87.5 Å². The maximum absolute atomic E-state index is 13.6. The van der Waals surface area contributed by atoms with E-state index in [1.54, 1.807) is 41.1 Å². The van der Waals surface area contributed by atoms with E-state index in [0.29, 0.717) is 65.6 Å². The second kappa shape index (κ2) is 12.0. The van der Waals surface area contributed by atoms with Crippen LogP contribution >= 0.6 is 24.0 Å². The van der Waals surface area contributed by atoms with E-state index in [0.717, 1.165) is 12.8 Å². The van der Waals surface area contributed by atoms with Crippen LogP contribution in [-0.2, 0) is 16.0 Å². The van der Waals surface area contributed by atoms with Gasteiger partial charge in [0.15, 0.2) is 0 Å². The molecule has 39 heavy (non-hydrogen) atoms. The highest BCUT2D eigenvalue weighted by Gasteiger charge is 2.33. The van der Waals surface area contributed by atoms with Gasteiger partial charge in [-0.2, -0.15) is 0 Å². The number of ether oxygens (including phenoxy) is 1. The van der Waals surface area contributed by atoms with Crippen LogP contribution in [0, 0.1) is 0 Å². The average molecular weight is 564 g/mol. The average Bonchev–Trinajstić information content (AvgIpc) is 3.22. The molecule has 2 saturated heterocycles. The summed E-state index contributed by atoms with van der Waals surface area (Å²) in [6.07, 6.45) is 4.56. The Bertz CT molecular complexity index is 1480. The molecule has 9 nitrogen and oxygen atoms in total. The van der Waals surface area contributed by atoms with Gasteiger partial charge in [0.05, 0.1) is 17.1 Å². The van der Waals surface area contributed by atoms with Crippen LogP contribution in [0.2, 0.25) is 0 Å². The zero-order valence-corrected chi connectivity index (χ0v) is 23.2. The molecule has 2 aliphatic rings. The minimum atomic E-state index is -0.347. The molecule has 0 saturated carbocycles.